The molecule has 21 heavy (non-hydrogen) atoms. The molecule has 1 saturated carbocycles. The predicted molar refractivity (Wildman–Crippen MR) is 82.3 cm³/mol. The molecule has 0 heterocycles. The summed E-state index contributed by atoms with van der Waals surface area (Å²) in [4.78, 5) is 12.5. The van der Waals surface area contributed by atoms with Gasteiger partial charge in [0, 0.05) is 19.6 Å². The molecule has 4 heteroatoms. The molecule has 1 aliphatic carbocycles. The van der Waals surface area contributed by atoms with E-state index < -0.39 is 5.54 Å². The first kappa shape index (κ1) is 16.0. The Balaban J connectivity index is 2.30. The summed E-state index contributed by atoms with van der Waals surface area (Å²) in [5, 5.41) is 3.44. The highest BCUT2D eigenvalue weighted by molar-refractivity contribution is 5.82. The third-order valence-electron chi connectivity index (χ3n) is 4.41. The average molecular weight is 291 g/mol. The van der Waals surface area contributed by atoms with Crippen molar-refractivity contribution in [3.8, 4) is 0 Å². The molecule has 1 aromatic carbocycles. The fourth-order valence-electron chi connectivity index (χ4n) is 3.40. The Morgan fingerprint density at radius 2 is 2.05 bits per heavy atom. The van der Waals surface area contributed by atoms with Crippen LogP contribution in [0.2, 0.25) is 0 Å². The lowest BCUT2D eigenvalue weighted by Crippen LogP contribution is -2.59. The molecule has 0 aromatic heterocycles. The molecule has 0 spiro atoms. The fraction of sp³-hybridized carbons (Fsp3) is 0.588. The first-order valence-corrected chi connectivity index (χ1v) is 7.62. The number of esters is 1. The zero-order chi connectivity index (χ0) is 15.1. The van der Waals surface area contributed by atoms with E-state index in [1.165, 1.54) is 12.7 Å². The van der Waals surface area contributed by atoms with E-state index in [-0.39, 0.29) is 11.9 Å². The van der Waals surface area contributed by atoms with Crippen molar-refractivity contribution in [2.45, 2.75) is 37.1 Å². The first-order chi connectivity index (χ1) is 10.2. The lowest BCUT2D eigenvalue weighted by Gasteiger charge is -2.42. The van der Waals surface area contributed by atoms with Crippen molar-refractivity contribution in [1.82, 2.24) is 5.32 Å². The van der Waals surface area contributed by atoms with E-state index in [0.29, 0.717) is 13.2 Å². The molecule has 2 atom stereocenters. The van der Waals surface area contributed by atoms with Crippen LogP contribution in [0.25, 0.3) is 0 Å². The normalized spacial score (nSPS) is 25.5. The van der Waals surface area contributed by atoms with E-state index in [9.17, 15) is 4.79 Å². The predicted octanol–water partition coefficient (Wildman–Crippen LogP) is 2.49. The van der Waals surface area contributed by atoms with Crippen LogP contribution in [0.15, 0.2) is 30.3 Å². The van der Waals surface area contributed by atoms with Gasteiger partial charge in [0.1, 0.15) is 5.54 Å². The second-order valence-electron chi connectivity index (χ2n) is 5.59. The summed E-state index contributed by atoms with van der Waals surface area (Å²) in [6.07, 6.45) is 3.99. The highest BCUT2D eigenvalue weighted by atomic mass is 16.5. The van der Waals surface area contributed by atoms with Gasteiger partial charge in [0.25, 0.3) is 0 Å². The van der Waals surface area contributed by atoms with E-state index >= 15 is 0 Å². The van der Waals surface area contributed by atoms with Crippen LogP contribution in [0, 0.1) is 0 Å². The van der Waals surface area contributed by atoms with Crippen LogP contribution < -0.4 is 5.32 Å². The Morgan fingerprint density at radius 1 is 1.29 bits per heavy atom. The highest BCUT2D eigenvalue weighted by Crippen LogP contribution is 2.41. The summed E-state index contributed by atoms with van der Waals surface area (Å²) in [7, 11) is 3.14. The summed E-state index contributed by atoms with van der Waals surface area (Å²) in [5.74, 6) is -0.0103. The van der Waals surface area contributed by atoms with Gasteiger partial charge in [0.2, 0.25) is 0 Å². The van der Waals surface area contributed by atoms with Crippen LogP contribution in [0.4, 0.5) is 0 Å². The van der Waals surface area contributed by atoms with Crippen molar-refractivity contribution in [1.29, 1.82) is 0 Å². The summed E-state index contributed by atoms with van der Waals surface area (Å²) < 4.78 is 10.3. The van der Waals surface area contributed by atoms with Gasteiger partial charge in [-0.15, -0.1) is 0 Å². The lowest BCUT2D eigenvalue weighted by atomic mass is 9.69. The smallest absolute Gasteiger partial charge is 0.326 e. The van der Waals surface area contributed by atoms with E-state index in [1.807, 2.05) is 18.2 Å². The number of hydrogen-bond acceptors (Lipinski definition) is 4. The largest absolute Gasteiger partial charge is 0.468 e. The molecule has 0 saturated heterocycles. The lowest BCUT2D eigenvalue weighted by molar-refractivity contribution is -0.151. The molecule has 2 rings (SSSR count). The van der Waals surface area contributed by atoms with Gasteiger partial charge in [0.15, 0.2) is 0 Å². The maximum absolute atomic E-state index is 12.5. The number of rotatable bonds is 6. The van der Waals surface area contributed by atoms with E-state index in [0.717, 1.165) is 25.7 Å². The summed E-state index contributed by atoms with van der Waals surface area (Å²) in [6.45, 7) is 1.23. The Morgan fingerprint density at radius 3 is 2.71 bits per heavy atom. The zero-order valence-corrected chi connectivity index (χ0v) is 12.9. The molecule has 1 N–H and O–H groups in total. The Bertz CT molecular complexity index is 449. The van der Waals surface area contributed by atoms with Crippen LogP contribution in [-0.4, -0.2) is 38.9 Å². The molecule has 2 unspecified atom stereocenters. The van der Waals surface area contributed by atoms with Gasteiger partial charge in [-0.3, -0.25) is 10.1 Å². The molecule has 0 radical (unpaired) electrons. The number of ether oxygens (including phenoxy) is 2. The van der Waals surface area contributed by atoms with Crippen molar-refractivity contribution in [2.24, 2.45) is 0 Å². The zero-order valence-electron chi connectivity index (χ0n) is 12.9. The topological polar surface area (TPSA) is 47.6 Å². The van der Waals surface area contributed by atoms with E-state index in [1.54, 1.807) is 7.11 Å². The van der Waals surface area contributed by atoms with Crippen LogP contribution in [-0.2, 0) is 14.3 Å². The third-order valence-corrected chi connectivity index (χ3v) is 4.41. The molecule has 0 bridgehead atoms. The number of carbonyl (C=O) groups excluding carboxylic acids is 1. The van der Waals surface area contributed by atoms with Crippen molar-refractivity contribution in [3.63, 3.8) is 0 Å². The first-order valence-electron chi connectivity index (χ1n) is 7.62. The standard InChI is InChI=1S/C17H25NO3/c1-20-13-12-18-17(16(19)21-2)11-7-6-10-15(17)14-8-4-3-5-9-14/h3-5,8-9,15,18H,6-7,10-13H2,1-2H3. The van der Waals surface area contributed by atoms with Crippen molar-refractivity contribution in [2.75, 3.05) is 27.4 Å². The summed E-state index contributed by atoms with van der Waals surface area (Å²) >= 11 is 0. The van der Waals surface area contributed by atoms with Gasteiger partial charge in [-0.1, -0.05) is 43.2 Å². The van der Waals surface area contributed by atoms with Crippen LogP contribution >= 0.6 is 0 Å². The van der Waals surface area contributed by atoms with E-state index in [2.05, 4.69) is 17.4 Å². The monoisotopic (exact) mass is 291 g/mol. The molecule has 1 aliphatic rings. The fourth-order valence-corrected chi connectivity index (χ4v) is 3.40. The highest BCUT2D eigenvalue weighted by Gasteiger charge is 2.48. The quantitative estimate of drug-likeness (QED) is 0.646. The number of hydrogen-bond donors (Lipinski definition) is 1. The number of nitrogens with one attached hydrogen (secondary N) is 1. The van der Waals surface area contributed by atoms with Crippen molar-refractivity contribution < 1.29 is 14.3 Å². The van der Waals surface area contributed by atoms with Crippen LogP contribution in [0.3, 0.4) is 0 Å². The van der Waals surface area contributed by atoms with Gasteiger partial charge in [-0.25, -0.2) is 0 Å². The summed E-state index contributed by atoms with van der Waals surface area (Å²) in [6, 6.07) is 10.3. The SMILES string of the molecule is COCCNC1(C(=O)OC)CCCCC1c1ccccc1. The number of carbonyl (C=O) groups is 1. The minimum absolute atomic E-state index is 0.150. The molecule has 0 amide bonds. The van der Waals surface area contributed by atoms with Gasteiger partial charge in [0.05, 0.1) is 13.7 Å². The third kappa shape index (κ3) is 3.44. The Kier molecular flexibility index (Phi) is 5.76. The second-order valence-corrected chi connectivity index (χ2v) is 5.59. The molecular formula is C17H25NO3. The van der Waals surface area contributed by atoms with Crippen LogP contribution in [0.5, 0.6) is 0 Å². The molecule has 4 nitrogen and oxygen atoms in total. The number of methoxy groups -OCH3 is 2. The number of benzene rings is 1. The molecule has 1 fully saturated rings. The molecule has 1 aromatic rings. The Hall–Kier alpha value is -1.39. The van der Waals surface area contributed by atoms with Gasteiger partial charge in [-0.05, 0) is 18.4 Å². The van der Waals surface area contributed by atoms with Crippen molar-refractivity contribution >= 4 is 5.97 Å². The van der Waals surface area contributed by atoms with Gasteiger partial charge >= 0.3 is 5.97 Å². The maximum atomic E-state index is 12.5. The van der Waals surface area contributed by atoms with Gasteiger partial charge in [-0.2, -0.15) is 0 Å². The maximum Gasteiger partial charge on any atom is 0.326 e. The molecular weight excluding hydrogens is 266 g/mol. The van der Waals surface area contributed by atoms with E-state index in [4.69, 9.17) is 9.47 Å². The summed E-state index contributed by atoms with van der Waals surface area (Å²) in [5.41, 5.74) is 0.569. The minimum Gasteiger partial charge on any atom is -0.468 e. The Labute approximate surface area is 126 Å². The van der Waals surface area contributed by atoms with Crippen molar-refractivity contribution in [3.05, 3.63) is 35.9 Å². The van der Waals surface area contributed by atoms with Gasteiger partial charge < -0.3 is 9.47 Å². The minimum atomic E-state index is -0.632. The molecule has 116 valence electrons. The second kappa shape index (κ2) is 7.57. The average Bonchev–Trinajstić information content (AvgIpc) is 2.55. The molecule has 0 aliphatic heterocycles. The van der Waals surface area contributed by atoms with Crippen LogP contribution in [0.1, 0.15) is 37.2 Å².